The van der Waals surface area contributed by atoms with Gasteiger partial charge in [0.15, 0.2) is 6.10 Å². The Morgan fingerprint density at radius 2 is 0.882 bits per heavy atom. The summed E-state index contributed by atoms with van der Waals surface area (Å²) in [5.41, 5.74) is 0. The maximum atomic E-state index is 12.7. The van der Waals surface area contributed by atoms with Crippen molar-refractivity contribution in [3.63, 3.8) is 0 Å². The van der Waals surface area contributed by atoms with Gasteiger partial charge in [0.2, 0.25) is 0 Å². The van der Waals surface area contributed by atoms with E-state index in [-0.39, 0.29) is 32.2 Å². The minimum Gasteiger partial charge on any atom is -0.477 e. The molecule has 0 fully saturated rings. The van der Waals surface area contributed by atoms with Crippen molar-refractivity contribution >= 4 is 17.9 Å². The molecule has 0 amide bonds. The molecule has 0 rings (SSSR count). The Labute approximate surface area is 313 Å². The first-order valence-corrected chi connectivity index (χ1v) is 21.2. The molecule has 51 heavy (non-hydrogen) atoms. The van der Waals surface area contributed by atoms with Crippen LogP contribution in [0.3, 0.4) is 0 Å². The van der Waals surface area contributed by atoms with Gasteiger partial charge in [-0.3, -0.25) is 9.59 Å². The van der Waals surface area contributed by atoms with E-state index in [1.165, 1.54) is 128 Å². The van der Waals surface area contributed by atoms with Crippen LogP contribution in [0.2, 0.25) is 0 Å². The fourth-order valence-electron chi connectivity index (χ4n) is 6.01. The Kier molecular flexibility index (Phi) is 34.1. The zero-order valence-corrected chi connectivity index (χ0v) is 34.0. The van der Waals surface area contributed by atoms with Crippen molar-refractivity contribution in [2.24, 2.45) is 0 Å². The Morgan fingerprint density at radius 3 is 1.25 bits per heavy atom. The zero-order valence-electron chi connectivity index (χ0n) is 34.0. The third-order valence-electron chi connectivity index (χ3n) is 9.36. The number of hydrogen-bond acceptors (Lipinski definition) is 7. The molecule has 0 aliphatic heterocycles. The van der Waals surface area contributed by atoms with Crippen LogP contribution in [0.1, 0.15) is 194 Å². The molecule has 0 radical (unpaired) electrons. The highest BCUT2D eigenvalue weighted by Crippen LogP contribution is 2.15. The molecule has 2 atom stereocenters. The summed E-state index contributed by atoms with van der Waals surface area (Å²) in [6.45, 7) is 4.88. The predicted octanol–water partition coefficient (Wildman–Crippen LogP) is 10.6. The average molecular weight is 729 g/mol. The smallest absolute Gasteiger partial charge is 0.361 e. The van der Waals surface area contributed by atoms with Gasteiger partial charge < -0.3 is 28.5 Å². The number of carboxylic acids is 1. The summed E-state index contributed by atoms with van der Waals surface area (Å²) in [5.74, 6) is -1.99. The van der Waals surface area contributed by atoms with Crippen LogP contribution >= 0.6 is 0 Å². The van der Waals surface area contributed by atoms with Crippen molar-refractivity contribution in [1.29, 1.82) is 0 Å². The summed E-state index contributed by atoms with van der Waals surface area (Å²) in [7, 11) is 5.96. The number of likely N-dealkylation sites (N-methyl/N-ethyl adjacent to an activating group) is 1. The fraction of sp³-hybridized carbons (Fsp3) is 0.929. The lowest BCUT2D eigenvalue weighted by molar-refractivity contribution is -0.870. The molecule has 1 unspecified atom stereocenters. The zero-order chi connectivity index (χ0) is 37.8. The average Bonchev–Trinajstić information content (AvgIpc) is 3.08. The van der Waals surface area contributed by atoms with Gasteiger partial charge in [-0.2, -0.15) is 0 Å². The van der Waals surface area contributed by atoms with Gasteiger partial charge in [-0.05, 0) is 12.8 Å². The van der Waals surface area contributed by atoms with Crippen molar-refractivity contribution in [1.82, 2.24) is 0 Å². The van der Waals surface area contributed by atoms with Crippen molar-refractivity contribution in [2.75, 3.05) is 47.5 Å². The topological polar surface area (TPSA) is 108 Å². The van der Waals surface area contributed by atoms with E-state index >= 15 is 0 Å². The lowest BCUT2D eigenvalue weighted by Gasteiger charge is -2.25. The molecule has 0 aromatic carbocycles. The lowest BCUT2D eigenvalue weighted by Crippen LogP contribution is -2.40. The summed E-state index contributed by atoms with van der Waals surface area (Å²) in [4.78, 5) is 37.0. The summed E-state index contributed by atoms with van der Waals surface area (Å²) in [6.07, 6.45) is 30.1. The van der Waals surface area contributed by atoms with Gasteiger partial charge in [-0.15, -0.1) is 0 Å². The molecule has 0 spiro atoms. The van der Waals surface area contributed by atoms with Gasteiger partial charge in [0, 0.05) is 12.8 Å². The Hall–Kier alpha value is -1.71. The first-order chi connectivity index (χ1) is 24.6. The molecular formula is C42H82NO8+. The molecule has 9 nitrogen and oxygen atoms in total. The van der Waals surface area contributed by atoms with E-state index in [2.05, 4.69) is 13.8 Å². The standard InChI is InChI=1S/C42H81NO8/c1-6-8-10-12-14-16-18-20-22-24-26-28-30-32-39(44)49-36-38(37-50-42(41(46)47)48-35-34-43(3,4)5)51-40(45)33-31-29-27-25-23-21-19-17-15-13-11-9-7-2/h38,42H,6-37H2,1-5H3/p+1/t38-,42?/m1/s1. The second-order valence-corrected chi connectivity index (χ2v) is 15.7. The van der Waals surface area contributed by atoms with Crippen LogP contribution in [0.15, 0.2) is 0 Å². The molecule has 1 N–H and O–H groups in total. The van der Waals surface area contributed by atoms with E-state index in [4.69, 9.17) is 18.9 Å². The second kappa shape index (κ2) is 35.3. The van der Waals surface area contributed by atoms with Crippen molar-refractivity contribution in [3.05, 3.63) is 0 Å². The lowest BCUT2D eigenvalue weighted by atomic mass is 10.0. The van der Waals surface area contributed by atoms with Crippen LogP contribution in [0.5, 0.6) is 0 Å². The van der Waals surface area contributed by atoms with Crippen LogP contribution in [0.4, 0.5) is 0 Å². The normalized spacial score (nSPS) is 12.9. The third kappa shape index (κ3) is 36.4. The van der Waals surface area contributed by atoms with Gasteiger partial charge in [0.25, 0.3) is 6.29 Å². The van der Waals surface area contributed by atoms with Crippen LogP contribution in [0.25, 0.3) is 0 Å². The maximum absolute atomic E-state index is 12.7. The number of aliphatic carboxylic acids is 1. The van der Waals surface area contributed by atoms with E-state index in [0.717, 1.165) is 38.5 Å². The number of nitrogens with zero attached hydrogens (tertiary/aromatic N) is 1. The number of quaternary nitrogens is 1. The van der Waals surface area contributed by atoms with Gasteiger partial charge in [0.05, 0.1) is 34.4 Å². The van der Waals surface area contributed by atoms with Crippen LogP contribution in [-0.2, 0) is 33.3 Å². The number of esters is 2. The molecule has 0 aromatic heterocycles. The first kappa shape index (κ1) is 49.3. The van der Waals surface area contributed by atoms with Crippen molar-refractivity contribution in [2.45, 2.75) is 206 Å². The monoisotopic (exact) mass is 729 g/mol. The van der Waals surface area contributed by atoms with Crippen molar-refractivity contribution < 1.29 is 42.9 Å². The van der Waals surface area contributed by atoms with Crippen molar-refractivity contribution in [3.8, 4) is 0 Å². The number of hydrogen-bond donors (Lipinski definition) is 1. The number of carboxylic acid groups (broad SMARTS) is 1. The number of carbonyl (C=O) groups excluding carboxylic acids is 2. The largest absolute Gasteiger partial charge is 0.477 e. The van der Waals surface area contributed by atoms with Crippen LogP contribution in [-0.4, -0.2) is 87.4 Å². The van der Waals surface area contributed by atoms with Gasteiger partial charge in [-0.1, -0.05) is 168 Å². The van der Waals surface area contributed by atoms with E-state index in [9.17, 15) is 19.5 Å². The van der Waals surface area contributed by atoms with Crippen LogP contribution < -0.4 is 0 Å². The Bertz CT molecular complexity index is 815. The minimum atomic E-state index is -1.50. The predicted molar refractivity (Wildman–Crippen MR) is 208 cm³/mol. The highest BCUT2D eigenvalue weighted by atomic mass is 16.7. The molecular weight excluding hydrogens is 646 g/mol. The molecule has 9 heteroatoms. The molecule has 302 valence electrons. The fourth-order valence-corrected chi connectivity index (χ4v) is 6.01. The molecule has 0 aliphatic carbocycles. The number of unbranched alkanes of at least 4 members (excludes halogenated alkanes) is 24. The molecule has 0 aromatic rings. The minimum absolute atomic E-state index is 0.174. The van der Waals surface area contributed by atoms with Gasteiger partial charge in [-0.25, -0.2) is 4.79 Å². The molecule has 0 saturated carbocycles. The molecule has 0 saturated heterocycles. The molecule has 0 heterocycles. The summed E-state index contributed by atoms with van der Waals surface area (Å²) in [5, 5.41) is 9.60. The van der Waals surface area contributed by atoms with E-state index in [0.29, 0.717) is 17.4 Å². The Morgan fingerprint density at radius 1 is 0.510 bits per heavy atom. The number of carbonyl (C=O) groups is 3. The highest BCUT2D eigenvalue weighted by Gasteiger charge is 2.25. The number of rotatable bonds is 39. The van der Waals surface area contributed by atoms with Gasteiger partial charge in [0.1, 0.15) is 13.2 Å². The number of ether oxygens (including phenoxy) is 4. The first-order valence-electron chi connectivity index (χ1n) is 21.2. The second-order valence-electron chi connectivity index (χ2n) is 15.7. The Balaban J connectivity index is 4.45. The molecule has 0 bridgehead atoms. The highest BCUT2D eigenvalue weighted by molar-refractivity contribution is 5.71. The van der Waals surface area contributed by atoms with Crippen LogP contribution in [0, 0.1) is 0 Å². The quantitative estimate of drug-likeness (QED) is 0.0288. The van der Waals surface area contributed by atoms with E-state index in [1.807, 2.05) is 21.1 Å². The van der Waals surface area contributed by atoms with E-state index in [1.54, 1.807) is 0 Å². The van der Waals surface area contributed by atoms with E-state index < -0.39 is 24.3 Å². The summed E-state index contributed by atoms with van der Waals surface area (Å²) < 4.78 is 22.7. The summed E-state index contributed by atoms with van der Waals surface area (Å²) >= 11 is 0. The van der Waals surface area contributed by atoms with Gasteiger partial charge >= 0.3 is 17.9 Å². The third-order valence-corrected chi connectivity index (χ3v) is 9.36. The summed E-state index contributed by atoms with van der Waals surface area (Å²) in [6, 6.07) is 0. The molecule has 0 aliphatic rings. The SMILES string of the molecule is CCCCCCCCCCCCCCCC(=O)OC[C@H](COC(OCC[N+](C)(C)C)C(=O)O)OC(=O)CCCCCCCCCCCCCCC. The maximum Gasteiger partial charge on any atom is 0.361 e.